The highest BCUT2D eigenvalue weighted by molar-refractivity contribution is 5.92. The number of nitrogen functional groups attached to an aromatic ring is 1. The summed E-state index contributed by atoms with van der Waals surface area (Å²) in [6, 6.07) is 12.5. The summed E-state index contributed by atoms with van der Waals surface area (Å²) >= 11 is 0. The van der Waals surface area contributed by atoms with Gasteiger partial charge in [-0.05, 0) is 88.6 Å². The number of piperidine rings is 1. The third kappa shape index (κ3) is 9.40. The molecule has 1 saturated carbocycles. The van der Waals surface area contributed by atoms with Crippen LogP contribution in [0.25, 0.3) is 0 Å². The molecule has 1 spiro atoms. The first kappa shape index (κ1) is 39.2. The van der Waals surface area contributed by atoms with Crippen molar-refractivity contribution in [1.82, 2.24) is 19.7 Å². The van der Waals surface area contributed by atoms with E-state index in [1.807, 2.05) is 76.3 Å². The molecule has 6 rings (SSSR count). The van der Waals surface area contributed by atoms with Gasteiger partial charge in [0.15, 0.2) is 0 Å². The van der Waals surface area contributed by atoms with Gasteiger partial charge in [-0.25, -0.2) is 4.79 Å². The quantitative estimate of drug-likeness (QED) is 0.214. The van der Waals surface area contributed by atoms with Crippen molar-refractivity contribution in [1.29, 1.82) is 5.26 Å². The monoisotopic (exact) mass is 708 g/mol. The van der Waals surface area contributed by atoms with E-state index in [1.54, 1.807) is 23.4 Å². The van der Waals surface area contributed by atoms with Gasteiger partial charge in [0.25, 0.3) is 0 Å². The number of likely N-dealkylation sites (tertiary alicyclic amines) is 1. The lowest BCUT2D eigenvalue weighted by atomic mass is 9.60. The van der Waals surface area contributed by atoms with Gasteiger partial charge in [-0.2, -0.15) is 18.4 Å². The summed E-state index contributed by atoms with van der Waals surface area (Å²) in [6.07, 6.45) is 0.980. The van der Waals surface area contributed by atoms with Crippen molar-refractivity contribution >= 4 is 29.4 Å². The predicted octanol–water partition coefficient (Wildman–Crippen LogP) is 8.22. The summed E-state index contributed by atoms with van der Waals surface area (Å²) in [4.78, 5) is 20.4. The van der Waals surface area contributed by atoms with Crippen LogP contribution in [-0.2, 0) is 23.4 Å². The number of nitriles is 1. The Morgan fingerprint density at radius 1 is 1.12 bits per heavy atom. The van der Waals surface area contributed by atoms with E-state index in [4.69, 9.17) is 15.7 Å². The Morgan fingerprint density at radius 3 is 2.27 bits per heavy atom. The van der Waals surface area contributed by atoms with Crippen molar-refractivity contribution in [2.24, 2.45) is 23.4 Å². The van der Waals surface area contributed by atoms with E-state index >= 15 is 0 Å². The van der Waals surface area contributed by atoms with Gasteiger partial charge in [0.1, 0.15) is 17.8 Å². The SMILES string of the molecule is CC.CC(C)(C)OC(=O)N1CCC2(CC1)CN(c1cc(N)c(C=Nc3cccc(C4(C)CC(C#N)C4)c3)c(C(F)(F)F)c1)C2.Cc1nncn1C. The number of ether oxygens (including phenoxy) is 1. The lowest BCUT2D eigenvalue weighted by molar-refractivity contribution is -0.137. The maximum atomic E-state index is 14.2. The molecule has 3 heterocycles. The van der Waals surface area contributed by atoms with Crippen LogP contribution in [0.1, 0.15) is 89.7 Å². The second-order valence-electron chi connectivity index (χ2n) is 14.9. The van der Waals surface area contributed by atoms with Gasteiger partial charge >= 0.3 is 12.3 Å². The number of hydrogen-bond donors (Lipinski definition) is 1. The Balaban J connectivity index is 0.000000571. The van der Waals surface area contributed by atoms with Crippen LogP contribution < -0.4 is 10.6 Å². The number of nitrogens with two attached hydrogens (primary N) is 1. The Hall–Kier alpha value is -4.60. The van der Waals surface area contributed by atoms with Gasteiger partial charge < -0.3 is 24.8 Å². The number of rotatable bonds is 4. The Kier molecular flexibility index (Phi) is 11.8. The summed E-state index contributed by atoms with van der Waals surface area (Å²) in [5.41, 5.74) is 6.52. The van der Waals surface area contributed by atoms with E-state index < -0.39 is 17.3 Å². The fourth-order valence-electron chi connectivity index (χ4n) is 6.77. The molecule has 3 fully saturated rings. The Morgan fingerprint density at radius 2 is 1.76 bits per heavy atom. The van der Waals surface area contributed by atoms with Crippen molar-refractivity contribution in [3.63, 3.8) is 0 Å². The molecule has 13 heteroatoms. The number of anilines is 2. The number of alkyl halides is 3. The largest absolute Gasteiger partial charge is 0.444 e. The van der Waals surface area contributed by atoms with Crippen LogP contribution in [0.4, 0.5) is 35.0 Å². The number of nitrogens with zero attached hydrogens (tertiary/aromatic N) is 7. The minimum absolute atomic E-state index is 0.0169. The summed E-state index contributed by atoms with van der Waals surface area (Å²) in [7, 11) is 1.91. The molecule has 0 unspecified atom stereocenters. The lowest BCUT2D eigenvalue weighted by Crippen LogP contribution is -2.61. The number of carbonyl (C=O) groups excluding carboxylic acids is 1. The number of carbonyl (C=O) groups is 1. The third-order valence-electron chi connectivity index (χ3n) is 9.80. The Labute approximate surface area is 299 Å². The molecule has 51 heavy (non-hydrogen) atoms. The first-order valence-electron chi connectivity index (χ1n) is 17.5. The van der Waals surface area contributed by atoms with E-state index in [-0.39, 0.29) is 34.1 Å². The molecule has 0 radical (unpaired) electrons. The number of aliphatic imine (C=N–C) groups is 1. The molecule has 1 amide bonds. The second kappa shape index (κ2) is 15.3. The molecule has 0 atom stereocenters. The minimum Gasteiger partial charge on any atom is -0.444 e. The second-order valence-corrected chi connectivity index (χ2v) is 14.9. The third-order valence-corrected chi connectivity index (χ3v) is 9.80. The maximum absolute atomic E-state index is 14.2. The van der Waals surface area contributed by atoms with E-state index in [1.165, 1.54) is 6.21 Å². The molecule has 3 aliphatic rings. The van der Waals surface area contributed by atoms with Crippen molar-refractivity contribution in [2.45, 2.75) is 91.3 Å². The van der Waals surface area contributed by atoms with Crippen molar-refractivity contribution in [3.8, 4) is 6.07 Å². The zero-order valence-electron chi connectivity index (χ0n) is 31.0. The molecule has 2 aliphatic heterocycles. The minimum atomic E-state index is -4.61. The van der Waals surface area contributed by atoms with Crippen LogP contribution in [0.2, 0.25) is 0 Å². The molecule has 10 nitrogen and oxygen atoms in total. The average Bonchev–Trinajstić information content (AvgIpc) is 3.42. The topological polar surface area (TPSA) is 126 Å². The molecule has 1 aromatic heterocycles. The van der Waals surface area contributed by atoms with Crippen LogP contribution >= 0.6 is 0 Å². The van der Waals surface area contributed by atoms with Gasteiger partial charge in [0.05, 0.1) is 17.3 Å². The number of benzene rings is 2. The molecule has 2 N–H and O–H groups in total. The zero-order chi connectivity index (χ0) is 37.8. The predicted molar refractivity (Wildman–Crippen MR) is 194 cm³/mol. The first-order chi connectivity index (χ1) is 23.9. The highest BCUT2D eigenvalue weighted by atomic mass is 19.4. The smallest absolute Gasteiger partial charge is 0.417 e. The van der Waals surface area contributed by atoms with Crippen LogP contribution in [0.3, 0.4) is 0 Å². The van der Waals surface area contributed by atoms with Gasteiger partial charge in [-0.1, -0.05) is 32.9 Å². The standard InChI is InChI=1S/C32H38F3N5O2.C4H7N3.C2H6/c1-29(2,3)42-28(41)39-10-8-31(9-11-39)19-40(20-31)24-13-26(32(33,34)35)25(27(37)14-24)18-38-23-7-5-6-22(12-23)30(4)15-21(16-30)17-36;1-4-6-5-3-7(4)2;1-2/h5-7,12-14,18,21H,8-11,15-16,19-20,37H2,1-4H3;3H,1-2H3;1-2H3. The van der Waals surface area contributed by atoms with E-state index in [9.17, 15) is 18.0 Å². The molecule has 1 aliphatic carbocycles. The fourth-order valence-corrected chi connectivity index (χ4v) is 6.77. The molecule has 0 bridgehead atoms. The number of aryl methyl sites for hydroxylation is 2. The molecular weight excluding hydrogens is 657 g/mol. The first-order valence-corrected chi connectivity index (χ1v) is 17.5. The number of hydrogen-bond acceptors (Lipinski definition) is 8. The molecule has 2 aromatic carbocycles. The van der Waals surface area contributed by atoms with Gasteiger partial charge in [0, 0.05) is 67.7 Å². The van der Waals surface area contributed by atoms with Crippen molar-refractivity contribution in [2.75, 3.05) is 36.8 Å². The van der Waals surface area contributed by atoms with E-state index in [0.717, 1.165) is 43.1 Å². The van der Waals surface area contributed by atoms with Crippen LogP contribution in [-0.4, -0.2) is 63.8 Å². The highest BCUT2D eigenvalue weighted by Crippen LogP contribution is 2.48. The lowest BCUT2D eigenvalue weighted by Gasteiger charge is -2.55. The molecule has 2 saturated heterocycles. The molecule has 276 valence electrons. The normalized spacial score (nSPS) is 21.0. The molecule has 3 aromatic rings. The van der Waals surface area contributed by atoms with Crippen LogP contribution in [0, 0.1) is 29.6 Å². The van der Waals surface area contributed by atoms with Crippen LogP contribution in [0.5, 0.6) is 0 Å². The van der Waals surface area contributed by atoms with Crippen molar-refractivity contribution in [3.05, 3.63) is 65.2 Å². The summed E-state index contributed by atoms with van der Waals surface area (Å²) in [6.45, 7) is 15.8. The zero-order valence-corrected chi connectivity index (χ0v) is 31.0. The van der Waals surface area contributed by atoms with E-state index in [0.29, 0.717) is 37.6 Å². The van der Waals surface area contributed by atoms with Crippen LogP contribution in [0.15, 0.2) is 47.7 Å². The summed E-state index contributed by atoms with van der Waals surface area (Å²) in [5, 5.41) is 16.5. The summed E-state index contributed by atoms with van der Waals surface area (Å²) < 4.78 is 50.0. The average molecular weight is 709 g/mol. The Bertz CT molecular complexity index is 1720. The summed E-state index contributed by atoms with van der Waals surface area (Å²) in [5.74, 6) is 0.973. The number of halogens is 3. The maximum Gasteiger partial charge on any atom is 0.417 e. The van der Waals surface area contributed by atoms with Gasteiger partial charge in [0.2, 0.25) is 0 Å². The number of amides is 1. The van der Waals surface area contributed by atoms with Gasteiger partial charge in [-0.15, -0.1) is 10.2 Å². The molecular formula is C38H51F3N8O2. The van der Waals surface area contributed by atoms with Crippen molar-refractivity contribution < 1.29 is 22.7 Å². The fraction of sp³-hybridized carbons (Fsp3) is 0.553. The van der Waals surface area contributed by atoms with Gasteiger partial charge in [-0.3, -0.25) is 4.99 Å². The van der Waals surface area contributed by atoms with E-state index in [2.05, 4.69) is 28.2 Å². The number of aromatic nitrogens is 3. The highest BCUT2D eigenvalue weighted by Gasteiger charge is 2.47.